The number of hydrogen-bond donors (Lipinski definition) is 1. The molecule has 3 nitrogen and oxygen atoms in total. The molecule has 100 valence electrons. The van der Waals surface area contributed by atoms with Crippen LogP contribution in [-0.2, 0) is 4.74 Å². The number of nitrogens with zero attached hydrogens (tertiary/aromatic N) is 1. The number of methoxy groups -OCH3 is 1. The van der Waals surface area contributed by atoms with Gasteiger partial charge in [0.1, 0.15) is 0 Å². The van der Waals surface area contributed by atoms with Crippen LogP contribution in [0.3, 0.4) is 0 Å². The molecule has 1 N–H and O–H groups in total. The van der Waals surface area contributed by atoms with E-state index in [-0.39, 0.29) is 0 Å². The Morgan fingerprint density at radius 1 is 1.29 bits per heavy atom. The minimum absolute atomic E-state index is 0.428. The van der Waals surface area contributed by atoms with Crippen LogP contribution in [0.25, 0.3) is 0 Å². The van der Waals surface area contributed by atoms with Crippen molar-refractivity contribution in [1.82, 2.24) is 10.2 Å². The van der Waals surface area contributed by atoms with E-state index in [1.54, 1.807) is 0 Å². The fourth-order valence-corrected chi connectivity index (χ4v) is 3.54. The van der Waals surface area contributed by atoms with Crippen LogP contribution in [0, 0.1) is 0 Å². The third-order valence-electron chi connectivity index (χ3n) is 4.56. The molecule has 0 amide bonds. The van der Waals surface area contributed by atoms with Gasteiger partial charge >= 0.3 is 0 Å². The molecule has 0 radical (unpaired) electrons. The molecule has 1 spiro atoms. The topological polar surface area (TPSA) is 24.5 Å². The highest BCUT2D eigenvalue weighted by atomic mass is 16.5. The van der Waals surface area contributed by atoms with Crippen molar-refractivity contribution in [3.63, 3.8) is 0 Å². The lowest BCUT2D eigenvalue weighted by Crippen LogP contribution is -2.63. The maximum atomic E-state index is 5.36. The van der Waals surface area contributed by atoms with Crippen LogP contribution in [0.15, 0.2) is 0 Å². The van der Waals surface area contributed by atoms with Gasteiger partial charge in [-0.3, -0.25) is 4.90 Å². The molecular weight excluding hydrogens is 212 g/mol. The summed E-state index contributed by atoms with van der Waals surface area (Å²) in [7, 11) is 1.82. The fourth-order valence-electron chi connectivity index (χ4n) is 3.54. The lowest BCUT2D eigenvalue weighted by Gasteiger charge is -2.48. The zero-order chi connectivity index (χ0) is 12.1. The van der Waals surface area contributed by atoms with Gasteiger partial charge in [-0.25, -0.2) is 0 Å². The molecule has 1 saturated heterocycles. The van der Waals surface area contributed by atoms with Crippen LogP contribution in [-0.4, -0.2) is 49.8 Å². The summed E-state index contributed by atoms with van der Waals surface area (Å²) in [6, 6.07) is 0.612. The van der Waals surface area contributed by atoms with E-state index in [1.807, 2.05) is 7.11 Å². The first-order valence-corrected chi connectivity index (χ1v) is 7.28. The maximum Gasteiger partial charge on any atom is 0.0617 e. The number of piperazine rings is 1. The third kappa shape index (κ3) is 3.21. The first kappa shape index (κ1) is 13.3. The van der Waals surface area contributed by atoms with Gasteiger partial charge in [-0.1, -0.05) is 26.2 Å². The van der Waals surface area contributed by atoms with Gasteiger partial charge in [-0.05, 0) is 19.3 Å². The lowest BCUT2D eigenvalue weighted by molar-refractivity contribution is 0.0305. The number of nitrogens with one attached hydrogen (secondary N) is 1. The molecule has 0 aromatic rings. The SMILES string of the molecule is CCC(COC)N1CCNC2(CCCCC2)C1. The average Bonchev–Trinajstić information content (AvgIpc) is 2.37. The van der Waals surface area contributed by atoms with Gasteiger partial charge in [0.25, 0.3) is 0 Å². The van der Waals surface area contributed by atoms with Crippen LogP contribution < -0.4 is 5.32 Å². The van der Waals surface area contributed by atoms with E-state index in [1.165, 1.54) is 51.6 Å². The zero-order valence-corrected chi connectivity index (χ0v) is 11.5. The minimum atomic E-state index is 0.428. The van der Waals surface area contributed by atoms with E-state index in [0.717, 1.165) is 13.2 Å². The summed E-state index contributed by atoms with van der Waals surface area (Å²) in [5, 5.41) is 3.80. The van der Waals surface area contributed by atoms with E-state index in [0.29, 0.717) is 11.6 Å². The maximum absolute atomic E-state index is 5.36. The molecule has 0 aromatic heterocycles. The highest BCUT2D eigenvalue weighted by Crippen LogP contribution is 2.31. The van der Waals surface area contributed by atoms with Gasteiger partial charge in [-0.2, -0.15) is 0 Å². The Morgan fingerprint density at radius 3 is 2.71 bits per heavy atom. The number of rotatable bonds is 4. The molecule has 1 atom stereocenters. The van der Waals surface area contributed by atoms with E-state index in [9.17, 15) is 0 Å². The van der Waals surface area contributed by atoms with Gasteiger partial charge in [-0.15, -0.1) is 0 Å². The molecule has 0 aromatic carbocycles. The molecule has 0 bridgehead atoms. The van der Waals surface area contributed by atoms with Crippen LogP contribution in [0.1, 0.15) is 45.4 Å². The van der Waals surface area contributed by atoms with Gasteiger partial charge in [0, 0.05) is 38.3 Å². The molecule has 2 rings (SSSR count). The second-order valence-corrected chi connectivity index (χ2v) is 5.76. The summed E-state index contributed by atoms with van der Waals surface area (Å²) in [5.41, 5.74) is 0.428. The Kier molecular flexibility index (Phi) is 4.83. The van der Waals surface area contributed by atoms with Crippen LogP contribution in [0.5, 0.6) is 0 Å². The summed E-state index contributed by atoms with van der Waals surface area (Å²) in [6.45, 7) is 6.73. The standard InChI is InChI=1S/C14H28N2O/c1-3-13(11-17-2)16-10-9-15-14(12-16)7-5-4-6-8-14/h13,15H,3-12H2,1-2H3. The van der Waals surface area contributed by atoms with E-state index < -0.39 is 0 Å². The average molecular weight is 240 g/mol. The molecule has 2 aliphatic rings. The van der Waals surface area contributed by atoms with Crippen LogP contribution in [0.2, 0.25) is 0 Å². The summed E-state index contributed by atoms with van der Waals surface area (Å²) in [6.07, 6.45) is 8.17. The quantitative estimate of drug-likeness (QED) is 0.813. The van der Waals surface area contributed by atoms with Gasteiger partial charge in [0.2, 0.25) is 0 Å². The second-order valence-electron chi connectivity index (χ2n) is 5.76. The molecular formula is C14H28N2O. The second kappa shape index (κ2) is 6.17. The van der Waals surface area contributed by atoms with Crippen LogP contribution in [0.4, 0.5) is 0 Å². The predicted octanol–water partition coefficient (Wildman–Crippen LogP) is 2.02. The molecule has 3 heteroatoms. The van der Waals surface area contributed by atoms with Gasteiger partial charge in [0.15, 0.2) is 0 Å². The van der Waals surface area contributed by atoms with Crippen LogP contribution >= 0.6 is 0 Å². The number of ether oxygens (including phenoxy) is 1. The van der Waals surface area contributed by atoms with Gasteiger partial charge in [0.05, 0.1) is 6.61 Å². The summed E-state index contributed by atoms with van der Waals surface area (Å²) in [5.74, 6) is 0. The monoisotopic (exact) mass is 240 g/mol. The van der Waals surface area contributed by atoms with Gasteiger partial charge < -0.3 is 10.1 Å². The Morgan fingerprint density at radius 2 is 2.06 bits per heavy atom. The number of hydrogen-bond acceptors (Lipinski definition) is 3. The molecule has 1 aliphatic heterocycles. The fraction of sp³-hybridized carbons (Fsp3) is 1.00. The molecule has 1 aliphatic carbocycles. The molecule has 2 fully saturated rings. The minimum Gasteiger partial charge on any atom is -0.383 e. The largest absolute Gasteiger partial charge is 0.383 e. The summed E-state index contributed by atoms with van der Waals surface area (Å²) < 4.78 is 5.36. The zero-order valence-electron chi connectivity index (χ0n) is 11.5. The van der Waals surface area contributed by atoms with Crippen molar-refractivity contribution in [1.29, 1.82) is 0 Å². The summed E-state index contributed by atoms with van der Waals surface area (Å²) in [4.78, 5) is 2.66. The normalized spacial score (nSPS) is 27.2. The molecule has 1 saturated carbocycles. The van der Waals surface area contributed by atoms with Crippen molar-refractivity contribution in [3.8, 4) is 0 Å². The van der Waals surface area contributed by atoms with Crippen molar-refractivity contribution in [2.24, 2.45) is 0 Å². The van der Waals surface area contributed by atoms with E-state index in [2.05, 4.69) is 17.1 Å². The lowest BCUT2D eigenvalue weighted by atomic mass is 9.80. The Hall–Kier alpha value is -0.120. The van der Waals surface area contributed by atoms with Crippen molar-refractivity contribution in [3.05, 3.63) is 0 Å². The van der Waals surface area contributed by atoms with Crippen molar-refractivity contribution < 1.29 is 4.74 Å². The summed E-state index contributed by atoms with van der Waals surface area (Å²) >= 11 is 0. The molecule has 1 unspecified atom stereocenters. The Bertz CT molecular complexity index is 221. The molecule has 17 heavy (non-hydrogen) atoms. The third-order valence-corrected chi connectivity index (χ3v) is 4.56. The van der Waals surface area contributed by atoms with Crippen molar-refractivity contribution in [2.45, 2.75) is 57.0 Å². The van der Waals surface area contributed by atoms with Crippen molar-refractivity contribution in [2.75, 3.05) is 33.4 Å². The highest BCUT2D eigenvalue weighted by Gasteiger charge is 2.37. The first-order valence-electron chi connectivity index (χ1n) is 7.28. The first-order chi connectivity index (χ1) is 8.29. The molecule has 1 heterocycles. The highest BCUT2D eigenvalue weighted by molar-refractivity contribution is 4.97. The predicted molar refractivity (Wildman–Crippen MR) is 71.3 cm³/mol. The van der Waals surface area contributed by atoms with Crippen molar-refractivity contribution >= 4 is 0 Å². The Labute approximate surface area is 106 Å². The van der Waals surface area contributed by atoms with E-state index >= 15 is 0 Å². The Balaban J connectivity index is 1.95. The van der Waals surface area contributed by atoms with E-state index in [4.69, 9.17) is 4.74 Å². The smallest absolute Gasteiger partial charge is 0.0617 e.